The van der Waals surface area contributed by atoms with E-state index in [1.54, 1.807) is 0 Å². The Hall–Kier alpha value is -2.13. The third kappa shape index (κ3) is 2.32. The van der Waals surface area contributed by atoms with E-state index in [1.165, 1.54) is 11.1 Å². The van der Waals surface area contributed by atoms with Gasteiger partial charge in [0.2, 0.25) is 0 Å². The first kappa shape index (κ1) is 12.9. The third-order valence-electron chi connectivity index (χ3n) is 3.44. The second kappa shape index (κ2) is 5.47. The van der Waals surface area contributed by atoms with Crippen molar-refractivity contribution in [3.63, 3.8) is 0 Å². The van der Waals surface area contributed by atoms with Crippen molar-refractivity contribution in [2.24, 2.45) is 0 Å². The van der Waals surface area contributed by atoms with Crippen LogP contribution in [0, 0.1) is 6.92 Å². The molecule has 0 saturated heterocycles. The summed E-state index contributed by atoms with van der Waals surface area (Å²) in [4.78, 5) is 4.84. The quantitative estimate of drug-likeness (QED) is 0.783. The first-order chi connectivity index (χ1) is 9.79. The van der Waals surface area contributed by atoms with Crippen LogP contribution in [-0.4, -0.2) is 15.9 Å². The van der Waals surface area contributed by atoms with Gasteiger partial charge in [0.25, 0.3) is 0 Å². The van der Waals surface area contributed by atoms with Crippen LogP contribution in [0.3, 0.4) is 0 Å². The summed E-state index contributed by atoms with van der Waals surface area (Å²) in [5.74, 6) is 1.01. The van der Waals surface area contributed by atoms with Gasteiger partial charge in [-0.05, 0) is 31.7 Å². The largest absolute Gasteiger partial charge is 0.311 e. The molecule has 0 amide bonds. The van der Waals surface area contributed by atoms with E-state index in [0.29, 0.717) is 0 Å². The molecule has 3 nitrogen and oxygen atoms in total. The summed E-state index contributed by atoms with van der Waals surface area (Å²) >= 11 is 0. The summed E-state index contributed by atoms with van der Waals surface area (Å²) in [5.41, 5.74) is 4.69. The Morgan fingerprint density at radius 3 is 2.85 bits per heavy atom. The third-order valence-corrected chi connectivity index (χ3v) is 3.44. The zero-order valence-corrected chi connectivity index (χ0v) is 11.9. The number of imidazole rings is 1. The standard InChI is InChI=1S/C17H19N3/c1-3-18-12-15-16-9-4-5-10-20(16)17(19-15)14-8-6-7-13(2)11-14/h4-11,18H,3,12H2,1-2H3. The van der Waals surface area contributed by atoms with E-state index in [0.717, 1.165) is 30.2 Å². The van der Waals surface area contributed by atoms with Crippen LogP contribution in [0.2, 0.25) is 0 Å². The van der Waals surface area contributed by atoms with E-state index in [9.17, 15) is 0 Å². The fraction of sp³-hybridized carbons (Fsp3) is 0.235. The van der Waals surface area contributed by atoms with Gasteiger partial charge in [0.15, 0.2) is 0 Å². The molecule has 0 radical (unpaired) electrons. The predicted octanol–water partition coefficient (Wildman–Crippen LogP) is 3.42. The topological polar surface area (TPSA) is 29.3 Å². The Bertz CT molecular complexity index is 728. The minimum Gasteiger partial charge on any atom is -0.311 e. The van der Waals surface area contributed by atoms with Crippen LogP contribution in [0.5, 0.6) is 0 Å². The lowest BCUT2D eigenvalue weighted by Gasteiger charge is -2.02. The Labute approximate surface area is 119 Å². The van der Waals surface area contributed by atoms with Gasteiger partial charge in [-0.2, -0.15) is 0 Å². The summed E-state index contributed by atoms with van der Waals surface area (Å²) in [6, 6.07) is 14.7. The fourth-order valence-corrected chi connectivity index (χ4v) is 2.46. The van der Waals surface area contributed by atoms with E-state index in [4.69, 9.17) is 4.98 Å². The molecule has 0 bridgehead atoms. The molecule has 102 valence electrons. The van der Waals surface area contributed by atoms with Gasteiger partial charge in [0, 0.05) is 18.3 Å². The molecule has 3 heteroatoms. The lowest BCUT2D eigenvalue weighted by Crippen LogP contribution is -2.12. The molecular formula is C17H19N3. The molecule has 0 aliphatic heterocycles. The molecule has 2 heterocycles. The summed E-state index contributed by atoms with van der Waals surface area (Å²) < 4.78 is 2.17. The smallest absolute Gasteiger partial charge is 0.144 e. The fourth-order valence-electron chi connectivity index (χ4n) is 2.46. The van der Waals surface area contributed by atoms with Gasteiger partial charge in [0.1, 0.15) is 5.82 Å². The monoisotopic (exact) mass is 265 g/mol. The van der Waals surface area contributed by atoms with Crippen LogP contribution in [0.4, 0.5) is 0 Å². The number of aromatic nitrogens is 2. The lowest BCUT2D eigenvalue weighted by molar-refractivity contribution is 0.718. The minimum atomic E-state index is 0.801. The van der Waals surface area contributed by atoms with Gasteiger partial charge >= 0.3 is 0 Å². The summed E-state index contributed by atoms with van der Waals surface area (Å²) in [6.07, 6.45) is 2.08. The normalized spacial score (nSPS) is 11.1. The number of nitrogens with zero attached hydrogens (tertiary/aromatic N) is 2. The lowest BCUT2D eigenvalue weighted by atomic mass is 10.1. The molecule has 0 atom stereocenters. The molecule has 0 aliphatic carbocycles. The number of hydrogen-bond donors (Lipinski definition) is 1. The average molecular weight is 265 g/mol. The molecular weight excluding hydrogens is 246 g/mol. The van der Waals surface area contributed by atoms with Crippen LogP contribution in [-0.2, 0) is 6.54 Å². The van der Waals surface area contributed by atoms with Crippen molar-refractivity contribution in [1.29, 1.82) is 0 Å². The maximum atomic E-state index is 4.84. The number of rotatable bonds is 4. The van der Waals surface area contributed by atoms with Crippen LogP contribution in [0.15, 0.2) is 48.7 Å². The second-order valence-corrected chi connectivity index (χ2v) is 4.99. The summed E-state index contributed by atoms with van der Waals surface area (Å²) in [6.45, 7) is 5.97. The molecule has 1 N–H and O–H groups in total. The van der Waals surface area contributed by atoms with Crippen molar-refractivity contribution in [1.82, 2.24) is 14.7 Å². The van der Waals surface area contributed by atoms with Crippen LogP contribution < -0.4 is 5.32 Å². The first-order valence-electron chi connectivity index (χ1n) is 7.03. The van der Waals surface area contributed by atoms with E-state index < -0.39 is 0 Å². The molecule has 20 heavy (non-hydrogen) atoms. The van der Waals surface area contributed by atoms with Crippen LogP contribution in [0.1, 0.15) is 18.2 Å². The van der Waals surface area contributed by atoms with Crippen molar-refractivity contribution in [2.75, 3.05) is 6.54 Å². The molecule has 3 aromatic rings. The van der Waals surface area contributed by atoms with Gasteiger partial charge in [-0.3, -0.25) is 4.40 Å². The molecule has 1 aromatic carbocycles. The van der Waals surface area contributed by atoms with E-state index in [1.807, 2.05) is 6.07 Å². The molecule has 0 aliphatic rings. The maximum Gasteiger partial charge on any atom is 0.144 e. The average Bonchev–Trinajstić information content (AvgIpc) is 2.84. The van der Waals surface area contributed by atoms with Crippen molar-refractivity contribution >= 4 is 5.52 Å². The summed E-state index contributed by atoms with van der Waals surface area (Å²) in [5, 5.41) is 3.36. The first-order valence-corrected chi connectivity index (χ1v) is 7.03. The van der Waals surface area contributed by atoms with Gasteiger partial charge in [-0.1, -0.05) is 36.8 Å². The minimum absolute atomic E-state index is 0.801. The zero-order chi connectivity index (χ0) is 13.9. The predicted molar refractivity (Wildman–Crippen MR) is 82.7 cm³/mol. The Morgan fingerprint density at radius 2 is 2.05 bits per heavy atom. The number of benzene rings is 1. The van der Waals surface area contributed by atoms with Gasteiger partial charge in [-0.15, -0.1) is 0 Å². The molecule has 0 spiro atoms. The van der Waals surface area contributed by atoms with Crippen molar-refractivity contribution in [3.05, 3.63) is 59.9 Å². The van der Waals surface area contributed by atoms with Gasteiger partial charge < -0.3 is 5.32 Å². The summed E-state index contributed by atoms with van der Waals surface area (Å²) in [7, 11) is 0. The molecule has 0 saturated carbocycles. The number of hydrogen-bond acceptors (Lipinski definition) is 2. The number of nitrogens with one attached hydrogen (secondary N) is 1. The molecule has 0 fully saturated rings. The Kier molecular flexibility index (Phi) is 3.52. The van der Waals surface area contributed by atoms with Crippen molar-refractivity contribution in [3.8, 4) is 11.4 Å². The molecule has 3 rings (SSSR count). The molecule has 2 aromatic heterocycles. The highest BCUT2D eigenvalue weighted by Crippen LogP contribution is 2.23. The number of pyridine rings is 1. The number of fused-ring (bicyclic) bond motifs is 1. The maximum absolute atomic E-state index is 4.84. The van der Waals surface area contributed by atoms with Gasteiger partial charge in [-0.25, -0.2) is 4.98 Å². The Morgan fingerprint density at radius 1 is 1.15 bits per heavy atom. The van der Waals surface area contributed by atoms with E-state index in [-0.39, 0.29) is 0 Å². The van der Waals surface area contributed by atoms with Crippen molar-refractivity contribution in [2.45, 2.75) is 20.4 Å². The highest BCUT2D eigenvalue weighted by molar-refractivity contribution is 5.65. The van der Waals surface area contributed by atoms with Gasteiger partial charge in [0.05, 0.1) is 11.2 Å². The van der Waals surface area contributed by atoms with E-state index in [2.05, 4.69) is 66.2 Å². The molecule has 0 unspecified atom stereocenters. The van der Waals surface area contributed by atoms with E-state index >= 15 is 0 Å². The highest BCUT2D eigenvalue weighted by Gasteiger charge is 2.11. The number of aryl methyl sites for hydroxylation is 1. The zero-order valence-electron chi connectivity index (χ0n) is 11.9. The SMILES string of the molecule is CCNCc1nc(-c2cccc(C)c2)n2ccccc12. The Balaban J connectivity index is 2.15. The van der Waals surface area contributed by atoms with Crippen LogP contribution >= 0.6 is 0 Å². The van der Waals surface area contributed by atoms with Crippen molar-refractivity contribution < 1.29 is 0 Å². The highest BCUT2D eigenvalue weighted by atomic mass is 15.0. The second-order valence-electron chi connectivity index (χ2n) is 4.99. The van der Waals surface area contributed by atoms with Crippen LogP contribution in [0.25, 0.3) is 16.9 Å².